The Balaban J connectivity index is 1.77. The zero-order valence-electron chi connectivity index (χ0n) is 13.5. The molecule has 1 aromatic carbocycles. The van der Waals surface area contributed by atoms with Gasteiger partial charge in [-0.1, -0.05) is 36.0 Å². The molecule has 3 nitrogen and oxygen atoms in total. The fourth-order valence-corrected chi connectivity index (χ4v) is 4.95. The second kappa shape index (κ2) is 8.16. The minimum absolute atomic E-state index is 0.0343. The Morgan fingerprint density at radius 2 is 2.08 bits per heavy atom. The van der Waals surface area contributed by atoms with E-state index in [9.17, 15) is 4.79 Å². The van der Waals surface area contributed by atoms with Gasteiger partial charge < -0.3 is 9.88 Å². The van der Waals surface area contributed by atoms with E-state index in [1.165, 1.54) is 7.71 Å². The van der Waals surface area contributed by atoms with Gasteiger partial charge in [0.15, 0.2) is 0 Å². The van der Waals surface area contributed by atoms with Gasteiger partial charge in [-0.2, -0.15) is 0 Å². The number of nitrogens with one attached hydrogen (secondary N) is 1. The molecule has 7 heteroatoms. The highest BCUT2D eigenvalue weighted by Gasteiger charge is 2.12. The number of carbonyl (C=O) groups is 1. The van der Waals surface area contributed by atoms with Crippen LogP contribution < -0.4 is 5.32 Å². The highest BCUT2D eigenvalue weighted by molar-refractivity contribution is 14.1. The molecule has 0 aliphatic carbocycles. The zero-order valence-corrected chi connectivity index (χ0v) is 18.1. The van der Waals surface area contributed by atoms with Gasteiger partial charge in [-0.3, -0.25) is 4.79 Å². The maximum atomic E-state index is 12.4. The molecule has 1 N–H and O–H groups in total. The van der Waals surface area contributed by atoms with Gasteiger partial charge in [0.25, 0.3) is 0 Å². The Labute approximate surface area is 174 Å². The number of hydrogen-bond acceptors (Lipinski definition) is 3. The molecule has 0 saturated carbocycles. The Hall–Kier alpha value is -0.960. The van der Waals surface area contributed by atoms with Crippen molar-refractivity contribution in [1.29, 1.82) is 0 Å². The summed E-state index contributed by atoms with van der Waals surface area (Å²) < 4.78 is 4.14. The molecule has 3 aromatic rings. The number of nitrogens with zero attached hydrogens (tertiary/aromatic N) is 1. The first kappa shape index (κ1) is 18.8. The first-order valence-electron chi connectivity index (χ1n) is 7.80. The fraction of sp³-hybridized carbons (Fsp3) is 0.222. The van der Waals surface area contributed by atoms with E-state index in [4.69, 9.17) is 23.8 Å². The van der Waals surface area contributed by atoms with Crippen LogP contribution in [0.3, 0.4) is 0 Å². The largest absolute Gasteiger partial charge is 0.352 e. The van der Waals surface area contributed by atoms with Crippen LogP contribution in [0, 0.1) is 7.39 Å². The predicted molar refractivity (Wildman–Crippen MR) is 116 cm³/mol. The van der Waals surface area contributed by atoms with Gasteiger partial charge in [-0.05, 0) is 58.8 Å². The van der Waals surface area contributed by atoms with E-state index in [1.807, 2.05) is 30.5 Å². The number of rotatable bonds is 5. The third kappa shape index (κ3) is 4.42. The van der Waals surface area contributed by atoms with Crippen molar-refractivity contribution in [3.05, 3.63) is 60.1 Å². The minimum Gasteiger partial charge on any atom is -0.352 e. The molecule has 0 spiro atoms. The van der Waals surface area contributed by atoms with Gasteiger partial charge in [-0.25, -0.2) is 0 Å². The minimum atomic E-state index is -0.0343. The number of carbonyl (C=O) groups excluding carboxylic acids is 1. The molecule has 0 aliphatic rings. The summed E-state index contributed by atoms with van der Waals surface area (Å²) in [5, 5.41) is 4.70. The van der Waals surface area contributed by atoms with E-state index in [2.05, 4.69) is 45.5 Å². The van der Waals surface area contributed by atoms with Gasteiger partial charge in [0.1, 0.15) is 4.83 Å². The lowest BCUT2D eigenvalue weighted by atomic mass is 10.1. The maximum Gasteiger partial charge on any atom is 0.224 e. The Kier molecular flexibility index (Phi) is 6.14. The van der Waals surface area contributed by atoms with Crippen molar-refractivity contribution in [2.75, 3.05) is 0 Å². The number of hydrogen-bond donors (Lipinski definition) is 1. The van der Waals surface area contributed by atoms with Crippen molar-refractivity contribution < 1.29 is 4.79 Å². The first-order valence-corrected chi connectivity index (χ1v) is 10.5. The SMILES string of the molecule is CCn1cc(CC(=O)NCc2ccc(Cl)cc2)c(=S)c2cc(I)sc21. The van der Waals surface area contributed by atoms with Crippen LogP contribution in [-0.4, -0.2) is 10.5 Å². The van der Waals surface area contributed by atoms with Crippen LogP contribution in [0.1, 0.15) is 18.1 Å². The second-order valence-electron chi connectivity index (χ2n) is 5.62. The van der Waals surface area contributed by atoms with Crippen LogP contribution in [0.4, 0.5) is 0 Å². The lowest BCUT2D eigenvalue weighted by Gasteiger charge is -2.10. The Morgan fingerprint density at radius 1 is 1.36 bits per heavy atom. The standard InChI is InChI=1S/C18H16ClIN2OS2/c1-2-22-10-12(17(24)14-8-15(20)25-18(14)22)7-16(23)21-9-11-3-5-13(19)6-4-11/h3-6,8,10H,2,7,9H2,1H3,(H,21,23). The predicted octanol–water partition coefficient (Wildman–Crippen LogP) is 5.57. The molecule has 2 aromatic heterocycles. The summed E-state index contributed by atoms with van der Waals surface area (Å²) in [7, 11) is 0. The summed E-state index contributed by atoms with van der Waals surface area (Å²) in [6.07, 6.45) is 2.30. The lowest BCUT2D eigenvalue weighted by molar-refractivity contribution is -0.120. The number of halogens is 2. The average molecular weight is 503 g/mol. The summed E-state index contributed by atoms with van der Waals surface area (Å²) in [6.45, 7) is 3.43. The average Bonchev–Trinajstić information content (AvgIpc) is 2.99. The third-order valence-corrected chi connectivity index (χ3v) is 6.55. The van der Waals surface area contributed by atoms with Crippen LogP contribution in [0.2, 0.25) is 5.02 Å². The molecule has 130 valence electrons. The highest BCUT2D eigenvalue weighted by Crippen LogP contribution is 2.29. The highest BCUT2D eigenvalue weighted by atomic mass is 127. The molecule has 25 heavy (non-hydrogen) atoms. The van der Waals surface area contributed by atoms with Crippen LogP contribution in [0.25, 0.3) is 10.2 Å². The summed E-state index contributed by atoms with van der Waals surface area (Å²) in [5.41, 5.74) is 1.91. The van der Waals surface area contributed by atoms with Gasteiger partial charge in [0, 0.05) is 29.7 Å². The van der Waals surface area contributed by atoms with E-state index < -0.39 is 0 Å². The molecule has 3 rings (SSSR count). The number of aromatic nitrogens is 1. The topological polar surface area (TPSA) is 34.0 Å². The number of aryl methyl sites for hydroxylation is 1. The molecule has 0 saturated heterocycles. The van der Waals surface area contributed by atoms with Crippen molar-refractivity contribution in [3.63, 3.8) is 0 Å². The first-order chi connectivity index (χ1) is 12.0. The Bertz CT molecular complexity index is 979. The normalized spacial score (nSPS) is 11.0. The molecular formula is C18H16ClIN2OS2. The van der Waals surface area contributed by atoms with Gasteiger partial charge in [0.05, 0.1) is 13.8 Å². The van der Waals surface area contributed by atoms with Crippen LogP contribution in [-0.2, 0) is 24.3 Å². The number of benzene rings is 1. The molecule has 0 atom stereocenters. The quantitative estimate of drug-likeness (QED) is 0.366. The van der Waals surface area contributed by atoms with Crippen LogP contribution in [0.15, 0.2) is 36.5 Å². The van der Waals surface area contributed by atoms with Crippen molar-refractivity contribution >= 4 is 73.9 Å². The molecule has 1 amide bonds. The maximum absolute atomic E-state index is 12.4. The van der Waals surface area contributed by atoms with E-state index in [-0.39, 0.29) is 12.3 Å². The molecule has 2 heterocycles. The lowest BCUT2D eigenvalue weighted by Crippen LogP contribution is -2.24. The number of fused-ring (bicyclic) bond motifs is 1. The van der Waals surface area contributed by atoms with Crippen molar-refractivity contribution in [2.24, 2.45) is 0 Å². The monoisotopic (exact) mass is 502 g/mol. The van der Waals surface area contributed by atoms with E-state index >= 15 is 0 Å². The molecule has 0 unspecified atom stereocenters. The number of pyridine rings is 1. The third-order valence-electron chi connectivity index (χ3n) is 3.89. The number of thiophene rings is 1. The summed E-state index contributed by atoms with van der Waals surface area (Å²) in [5.74, 6) is -0.0343. The smallest absolute Gasteiger partial charge is 0.224 e. The van der Waals surface area contributed by atoms with Gasteiger partial charge >= 0.3 is 0 Å². The van der Waals surface area contributed by atoms with Crippen molar-refractivity contribution in [2.45, 2.75) is 26.4 Å². The van der Waals surface area contributed by atoms with Gasteiger partial charge in [-0.15, -0.1) is 11.3 Å². The zero-order chi connectivity index (χ0) is 18.0. The molecule has 0 bridgehead atoms. The van der Waals surface area contributed by atoms with Gasteiger partial charge in [0.2, 0.25) is 5.91 Å². The Morgan fingerprint density at radius 3 is 2.76 bits per heavy atom. The van der Waals surface area contributed by atoms with E-state index in [0.29, 0.717) is 11.6 Å². The molecular weight excluding hydrogens is 487 g/mol. The summed E-state index contributed by atoms with van der Waals surface area (Å²) >= 11 is 15.5. The molecule has 0 fully saturated rings. The summed E-state index contributed by atoms with van der Waals surface area (Å²) in [6, 6.07) is 9.56. The van der Waals surface area contributed by atoms with E-state index in [0.717, 1.165) is 27.6 Å². The van der Waals surface area contributed by atoms with Crippen LogP contribution in [0.5, 0.6) is 0 Å². The molecule has 0 aliphatic heterocycles. The van der Waals surface area contributed by atoms with Crippen molar-refractivity contribution in [1.82, 2.24) is 9.88 Å². The fourth-order valence-electron chi connectivity index (χ4n) is 2.61. The van der Waals surface area contributed by atoms with Crippen molar-refractivity contribution in [3.8, 4) is 0 Å². The van der Waals surface area contributed by atoms with Crippen LogP contribution >= 0.6 is 57.7 Å². The second-order valence-corrected chi connectivity index (χ2v) is 9.39. The molecule has 0 radical (unpaired) electrons. The number of amides is 1. The summed E-state index contributed by atoms with van der Waals surface area (Å²) in [4.78, 5) is 13.5. The van der Waals surface area contributed by atoms with E-state index in [1.54, 1.807) is 11.3 Å².